The highest BCUT2D eigenvalue weighted by atomic mass is 16.3. The summed E-state index contributed by atoms with van der Waals surface area (Å²) in [5.41, 5.74) is 17.7. The zero-order valence-corrected chi connectivity index (χ0v) is 14.3. The van der Waals surface area contributed by atoms with Gasteiger partial charge in [-0.15, -0.1) is 0 Å². The minimum atomic E-state index is -0.0314. The van der Waals surface area contributed by atoms with E-state index >= 15 is 0 Å². The van der Waals surface area contributed by atoms with E-state index in [0.29, 0.717) is 30.2 Å². The van der Waals surface area contributed by atoms with E-state index in [0.717, 1.165) is 16.7 Å². The lowest BCUT2D eigenvalue weighted by molar-refractivity contribution is 0.263. The zero-order chi connectivity index (χ0) is 18.5. The van der Waals surface area contributed by atoms with Gasteiger partial charge in [0, 0.05) is 19.2 Å². The molecule has 1 unspecified atom stereocenters. The van der Waals surface area contributed by atoms with Crippen LogP contribution in [0.4, 0.5) is 17.3 Å². The predicted molar refractivity (Wildman–Crippen MR) is 102 cm³/mol. The van der Waals surface area contributed by atoms with Gasteiger partial charge in [-0.3, -0.25) is 4.68 Å². The fourth-order valence-corrected chi connectivity index (χ4v) is 2.99. The first-order chi connectivity index (χ1) is 12.6. The summed E-state index contributed by atoms with van der Waals surface area (Å²) in [5.74, 6) is 6.14. The number of nitrogens with two attached hydrogens (primary N) is 3. The number of anilines is 3. The van der Waals surface area contributed by atoms with Gasteiger partial charge in [0.15, 0.2) is 5.82 Å². The summed E-state index contributed by atoms with van der Waals surface area (Å²) in [6.45, 7) is 0.0775. The molecule has 0 saturated heterocycles. The first kappa shape index (κ1) is 17.7. The highest BCUT2D eigenvalue weighted by Gasteiger charge is 2.15. The number of hydrogen-bond acceptors (Lipinski definition) is 7. The number of hydrogen-bond donors (Lipinski definition) is 5. The molecule has 136 valence electrons. The van der Waals surface area contributed by atoms with E-state index in [2.05, 4.69) is 15.5 Å². The van der Waals surface area contributed by atoms with Crippen LogP contribution in [0.1, 0.15) is 29.2 Å². The number of nitrogens with one attached hydrogen (secondary N) is 1. The SMILES string of the molecule is NNc1nc(N)cc(Cc2cnn(C(CCO)c3ccccc3)c2)c1N. The van der Waals surface area contributed by atoms with Crippen LogP contribution in [0.5, 0.6) is 0 Å². The average molecular weight is 353 g/mol. The summed E-state index contributed by atoms with van der Waals surface area (Å²) in [7, 11) is 0. The van der Waals surface area contributed by atoms with Gasteiger partial charge in [-0.05, 0) is 29.2 Å². The van der Waals surface area contributed by atoms with Crippen LogP contribution in [-0.4, -0.2) is 26.5 Å². The molecule has 8 heteroatoms. The number of nitrogen functional groups attached to an aromatic ring is 3. The maximum absolute atomic E-state index is 9.43. The molecule has 0 bridgehead atoms. The lowest BCUT2D eigenvalue weighted by atomic mass is 10.0. The molecule has 0 saturated carbocycles. The Balaban J connectivity index is 1.87. The third kappa shape index (κ3) is 3.76. The first-order valence-electron chi connectivity index (χ1n) is 8.32. The molecule has 0 amide bonds. The third-order valence-corrected chi connectivity index (χ3v) is 4.26. The van der Waals surface area contributed by atoms with Crippen molar-refractivity contribution in [2.45, 2.75) is 18.9 Å². The number of pyridine rings is 1. The maximum Gasteiger partial charge on any atom is 0.165 e. The molecule has 0 fully saturated rings. The second kappa shape index (κ2) is 7.85. The number of hydrazine groups is 1. The Labute approximate surface area is 151 Å². The Hall–Kier alpha value is -3.10. The van der Waals surface area contributed by atoms with E-state index in [-0.39, 0.29) is 12.6 Å². The molecule has 1 atom stereocenters. The highest BCUT2D eigenvalue weighted by molar-refractivity contribution is 5.68. The Morgan fingerprint density at radius 3 is 2.65 bits per heavy atom. The third-order valence-electron chi connectivity index (χ3n) is 4.26. The van der Waals surface area contributed by atoms with Crippen LogP contribution in [-0.2, 0) is 6.42 Å². The average Bonchev–Trinajstić information content (AvgIpc) is 3.11. The molecular weight excluding hydrogens is 330 g/mol. The first-order valence-corrected chi connectivity index (χ1v) is 8.32. The molecule has 1 aromatic carbocycles. The van der Waals surface area contributed by atoms with E-state index < -0.39 is 0 Å². The van der Waals surface area contributed by atoms with Gasteiger partial charge in [-0.1, -0.05) is 30.3 Å². The molecule has 0 aliphatic carbocycles. The van der Waals surface area contributed by atoms with Crippen molar-refractivity contribution in [2.75, 3.05) is 23.5 Å². The summed E-state index contributed by atoms with van der Waals surface area (Å²) >= 11 is 0. The van der Waals surface area contributed by atoms with Crippen molar-refractivity contribution < 1.29 is 5.11 Å². The van der Waals surface area contributed by atoms with Crippen molar-refractivity contribution in [1.29, 1.82) is 0 Å². The molecule has 26 heavy (non-hydrogen) atoms. The second-order valence-corrected chi connectivity index (χ2v) is 6.06. The van der Waals surface area contributed by atoms with Gasteiger partial charge in [0.1, 0.15) is 5.82 Å². The van der Waals surface area contributed by atoms with Gasteiger partial charge in [-0.2, -0.15) is 5.10 Å². The van der Waals surface area contributed by atoms with E-state index in [1.165, 1.54) is 0 Å². The van der Waals surface area contributed by atoms with E-state index in [9.17, 15) is 5.11 Å². The second-order valence-electron chi connectivity index (χ2n) is 6.06. The summed E-state index contributed by atoms with van der Waals surface area (Å²) in [6.07, 6.45) is 4.88. The smallest absolute Gasteiger partial charge is 0.165 e. The molecule has 8 N–H and O–H groups in total. The monoisotopic (exact) mass is 353 g/mol. The van der Waals surface area contributed by atoms with Gasteiger partial charge >= 0.3 is 0 Å². The Bertz CT molecular complexity index is 863. The molecule has 0 aliphatic heterocycles. The van der Waals surface area contributed by atoms with Crippen LogP contribution < -0.4 is 22.7 Å². The van der Waals surface area contributed by atoms with Gasteiger partial charge in [0.05, 0.1) is 17.9 Å². The molecule has 8 nitrogen and oxygen atoms in total. The molecule has 0 spiro atoms. The summed E-state index contributed by atoms with van der Waals surface area (Å²) in [4.78, 5) is 4.06. The van der Waals surface area contributed by atoms with Gasteiger partial charge in [0.25, 0.3) is 0 Å². The van der Waals surface area contributed by atoms with Crippen LogP contribution in [0.3, 0.4) is 0 Å². The molecule has 0 radical (unpaired) electrons. The Kier molecular flexibility index (Phi) is 5.35. The standard InChI is InChI=1S/C18H23N7O/c19-16-9-14(17(20)18(23-16)24-21)8-12-10-22-25(11-12)15(6-7-26)13-4-2-1-3-5-13/h1-5,9-11,15,26H,6-8,20-21H2,(H3,19,23,24). The molecule has 3 rings (SSSR count). The molecule has 0 aliphatic rings. The number of aliphatic hydroxyl groups is 1. The van der Waals surface area contributed by atoms with Crippen LogP contribution in [0.2, 0.25) is 0 Å². The van der Waals surface area contributed by atoms with Crippen molar-refractivity contribution in [1.82, 2.24) is 14.8 Å². The number of rotatable bonds is 7. The van der Waals surface area contributed by atoms with Gasteiger partial charge in [-0.25, -0.2) is 10.8 Å². The minimum absolute atomic E-state index is 0.0314. The fraction of sp³-hybridized carbons (Fsp3) is 0.222. The maximum atomic E-state index is 9.43. The van der Waals surface area contributed by atoms with Gasteiger partial charge in [0.2, 0.25) is 0 Å². The lowest BCUT2D eigenvalue weighted by Crippen LogP contribution is -2.14. The van der Waals surface area contributed by atoms with Crippen LogP contribution in [0.15, 0.2) is 48.8 Å². The number of aliphatic hydroxyl groups excluding tert-OH is 1. The number of benzene rings is 1. The van der Waals surface area contributed by atoms with Crippen LogP contribution in [0, 0.1) is 0 Å². The lowest BCUT2D eigenvalue weighted by Gasteiger charge is -2.17. The van der Waals surface area contributed by atoms with E-state index in [1.54, 1.807) is 12.3 Å². The summed E-state index contributed by atoms with van der Waals surface area (Å²) in [6, 6.07) is 11.7. The fourth-order valence-electron chi connectivity index (χ4n) is 2.99. The topological polar surface area (TPSA) is 141 Å². The normalized spacial score (nSPS) is 12.1. The van der Waals surface area contributed by atoms with Crippen molar-refractivity contribution in [2.24, 2.45) is 5.84 Å². The zero-order valence-electron chi connectivity index (χ0n) is 14.3. The van der Waals surface area contributed by atoms with Gasteiger partial charge < -0.3 is 22.0 Å². The summed E-state index contributed by atoms with van der Waals surface area (Å²) < 4.78 is 1.86. The number of aromatic nitrogens is 3. The largest absolute Gasteiger partial charge is 0.396 e. The highest BCUT2D eigenvalue weighted by Crippen LogP contribution is 2.26. The Morgan fingerprint density at radius 1 is 1.19 bits per heavy atom. The number of nitrogens with zero attached hydrogens (tertiary/aromatic N) is 3. The molecule has 2 heterocycles. The minimum Gasteiger partial charge on any atom is -0.396 e. The van der Waals surface area contributed by atoms with Crippen molar-refractivity contribution in [3.63, 3.8) is 0 Å². The Morgan fingerprint density at radius 2 is 1.96 bits per heavy atom. The molecular formula is C18H23N7O. The van der Waals surface area contributed by atoms with E-state index in [4.69, 9.17) is 17.3 Å². The molecule has 3 aromatic rings. The van der Waals surface area contributed by atoms with Crippen molar-refractivity contribution >= 4 is 17.3 Å². The van der Waals surface area contributed by atoms with Crippen molar-refractivity contribution in [3.05, 3.63) is 65.5 Å². The van der Waals surface area contributed by atoms with Crippen molar-refractivity contribution in [3.8, 4) is 0 Å². The predicted octanol–water partition coefficient (Wildman–Crippen LogP) is 1.29. The van der Waals surface area contributed by atoms with Crippen LogP contribution >= 0.6 is 0 Å². The quantitative estimate of drug-likeness (QED) is 0.318. The van der Waals surface area contributed by atoms with E-state index in [1.807, 2.05) is 41.2 Å². The summed E-state index contributed by atoms with van der Waals surface area (Å²) in [5, 5.41) is 13.9. The molecule has 2 aromatic heterocycles. The van der Waals surface area contributed by atoms with Crippen LogP contribution in [0.25, 0.3) is 0 Å².